The molecule has 0 spiro atoms. The summed E-state index contributed by atoms with van der Waals surface area (Å²) in [5.74, 6) is 1.26. The SMILES string of the molecule is COc1nc(N2CC(OC3CCCCO3)C2)cc(-n2ncc3cc(C)c(C4CCN(C)CC4F)cc32)n1. The van der Waals surface area contributed by atoms with E-state index < -0.39 is 6.17 Å². The van der Waals surface area contributed by atoms with Crippen LogP contribution in [0.3, 0.4) is 0 Å². The molecule has 3 unspecified atom stereocenters. The minimum absolute atomic E-state index is 0.0991. The number of aryl methyl sites for hydroxylation is 1. The number of anilines is 1. The number of alkyl halides is 1. The van der Waals surface area contributed by atoms with Gasteiger partial charge in [-0.25, -0.2) is 9.07 Å². The van der Waals surface area contributed by atoms with Gasteiger partial charge in [-0.15, -0.1) is 0 Å². The third-order valence-electron chi connectivity index (χ3n) is 7.83. The summed E-state index contributed by atoms with van der Waals surface area (Å²) in [4.78, 5) is 13.4. The second-order valence-corrected chi connectivity index (χ2v) is 10.5. The molecular weight excluding hydrogens is 475 g/mol. The van der Waals surface area contributed by atoms with Crippen molar-refractivity contribution in [3.05, 3.63) is 35.5 Å². The van der Waals surface area contributed by atoms with Gasteiger partial charge in [0.1, 0.15) is 12.0 Å². The Morgan fingerprint density at radius 2 is 1.89 bits per heavy atom. The summed E-state index contributed by atoms with van der Waals surface area (Å²) < 4.78 is 34.1. The number of methoxy groups -OCH3 is 1. The normalized spacial score (nSPS) is 25.4. The largest absolute Gasteiger partial charge is 0.467 e. The fourth-order valence-corrected chi connectivity index (χ4v) is 5.70. The van der Waals surface area contributed by atoms with Gasteiger partial charge in [-0.3, -0.25) is 0 Å². The highest BCUT2D eigenvalue weighted by atomic mass is 19.1. The number of rotatable bonds is 6. The molecule has 0 saturated carbocycles. The van der Waals surface area contributed by atoms with E-state index in [-0.39, 0.29) is 24.3 Å². The Bertz CT molecular complexity index is 1260. The van der Waals surface area contributed by atoms with Crippen LogP contribution >= 0.6 is 0 Å². The Labute approximate surface area is 216 Å². The number of likely N-dealkylation sites (tertiary alicyclic amines) is 1. The lowest BCUT2D eigenvalue weighted by Gasteiger charge is -2.41. The molecule has 0 radical (unpaired) electrons. The molecular formula is C27H35FN6O3. The Hall–Kier alpha value is -2.82. The van der Waals surface area contributed by atoms with Crippen molar-refractivity contribution in [3.63, 3.8) is 0 Å². The molecule has 9 nitrogen and oxygen atoms in total. The fourth-order valence-electron chi connectivity index (χ4n) is 5.70. The van der Waals surface area contributed by atoms with Crippen LogP contribution < -0.4 is 9.64 Å². The van der Waals surface area contributed by atoms with Crippen LogP contribution in [0.5, 0.6) is 6.01 Å². The van der Waals surface area contributed by atoms with Crippen LogP contribution in [0, 0.1) is 6.92 Å². The molecule has 198 valence electrons. The molecule has 2 aromatic heterocycles. The van der Waals surface area contributed by atoms with Crippen molar-refractivity contribution < 1.29 is 18.6 Å². The molecule has 3 atom stereocenters. The van der Waals surface area contributed by atoms with Crippen LogP contribution in [0.2, 0.25) is 0 Å². The number of piperidine rings is 1. The van der Waals surface area contributed by atoms with Gasteiger partial charge < -0.3 is 24.0 Å². The van der Waals surface area contributed by atoms with Crippen molar-refractivity contribution in [1.82, 2.24) is 24.6 Å². The van der Waals surface area contributed by atoms with Crippen LogP contribution in [0.15, 0.2) is 24.4 Å². The van der Waals surface area contributed by atoms with Gasteiger partial charge in [0.2, 0.25) is 0 Å². The standard InChI is InChI=1S/C27H35FN6O3/c1-17-10-18-13-29-34(23(18)11-21(17)20-7-8-32(2)16-22(20)28)25-12-24(30-27(31-25)35-3)33-14-19(15-33)37-26-6-4-5-9-36-26/h10-13,19-20,22,26H,4-9,14-16H2,1-3H3. The highest BCUT2D eigenvalue weighted by molar-refractivity contribution is 5.82. The Morgan fingerprint density at radius 1 is 1.05 bits per heavy atom. The number of ether oxygens (including phenoxy) is 3. The van der Waals surface area contributed by atoms with Crippen molar-refractivity contribution in [2.24, 2.45) is 0 Å². The average molecular weight is 511 g/mol. The number of hydrogen-bond acceptors (Lipinski definition) is 8. The summed E-state index contributed by atoms with van der Waals surface area (Å²) in [7, 11) is 3.54. The average Bonchev–Trinajstić information content (AvgIpc) is 3.28. The predicted molar refractivity (Wildman–Crippen MR) is 138 cm³/mol. The molecule has 0 bridgehead atoms. The van der Waals surface area contributed by atoms with Crippen molar-refractivity contribution in [3.8, 4) is 11.8 Å². The van der Waals surface area contributed by atoms with E-state index in [1.807, 2.05) is 19.3 Å². The molecule has 0 amide bonds. The monoisotopic (exact) mass is 510 g/mol. The fraction of sp³-hybridized carbons (Fsp3) is 0.593. The molecule has 37 heavy (non-hydrogen) atoms. The zero-order valence-corrected chi connectivity index (χ0v) is 21.8. The summed E-state index contributed by atoms with van der Waals surface area (Å²) in [5.41, 5.74) is 3.04. The Morgan fingerprint density at radius 3 is 2.65 bits per heavy atom. The highest BCUT2D eigenvalue weighted by Crippen LogP contribution is 2.35. The first-order valence-corrected chi connectivity index (χ1v) is 13.2. The molecule has 0 aliphatic carbocycles. The van der Waals surface area contributed by atoms with Crippen LogP contribution in [0.1, 0.15) is 42.7 Å². The first-order chi connectivity index (χ1) is 18.0. The van der Waals surface area contributed by atoms with Crippen LogP contribution in [-0.4, -0.2) is 90.2 Å². The van der Waals surface area contributed by atoms with Gasteiger partial charge in [0, 0.05) is 43.6 Å². The van der Waals surface area contributed by atoms with E-state index in [9.17, 15) is 0 Å². The lowest BCUT2D eigenvalue weighted by atomic mass is 9.85. The molecule has 1 aromatic carbocycles. The molecule has 0 N–H and O–H groups in total. The van der Waals surface area contributed by atoms with E-state index in [1.165, 1.54) is 0 Å². The number of halogens is 1. The van der Waals surface area contributed by atoms with Crippen LogP contribution in [0.25, 0.3) is 16.7 Å². The molecule has 3 saturated heterocycles. The maximum atomic E-state index is 15.1. The minimum atomic E-state index is -0.891. The summed E-state index contributed by atoms with van der Waals surface area (Å²) in [6, 6.07) is 6.40. The molecule has 3 aliphatic rings. The van der Waals surface area contributed by atoms with Gasteiger partial charge in [0.25, 0.3) is 0 Å². The highest BCUT2D eigenvalue weighted by Gasteiger charge is 2.33. The van der Waals surface area contributed by atoms with Gasteiger partial charge in [-0.05, 0) is 69.5 Å². The van der Waals surface area contributed by atoms with Crippen molar-refractivity contribution in [2.75, 3.05) is 51.8 Å². The number of nitrogens with zero attached hydrogens (tertiary/aromatic N) is 6. The van der Waals surface area contributed by atoms with Gasteiger partial charge in [-0.2, -0.15) is 15.1 Å². The van der Waals surface area contributed by atoms with Gasteiger partial charge in [0.05, 0.1) is 24.9 Å². The molecule has 10 heteroatoms. The van der Waals surface area contributed by atoms with Crippen molar-refractivity contribution in [1.29, 1.82) is 0 Å². The summed E-state index contributed by atoms with van der Waals surface area (Å²) in [5, 5.41) is 5.64. The van der Waals surface area contributed by atoms with Gasteiger partial charge in [-0.1, -0.05) is 0 Å². The van der Waals surface area contributed by atoms with Gasteiger partial charge in [0.15, 0.2) is 12.1 Å². The lowest BCUT2D eigenvalue weighted by molar-refractivity contribution is -0.191. The van der Waals surface area contributed by atoms with Crippen molar-refractivity contribution >= 4 is 16.7 Å². The molecule has 3 aliphatic heterocycles. The summed E-state index contributed by atoms with van der Waals surface area (Å²) in [6.45, 7) is 5.65. The third kappa shape index (κ3) is 4.89. The Kier molecular flexibility index (Phi) is 6.73. The number of benzene rings is 1. The summed E-state index contributed by atoms with van der Waals surface area (Å²) in [6.07, 6.45) is 4.97. The smallest absolute Gasteiger partial charge is 0.320 e. The van der Waals surface area contributed by atoms with Crippen LogP contribution in [-0.2, 0) is 9.47 Å². The molecule has 3 fully saturated rings. The second-order valence-electron chi connectivity index (χ2n) is 10.5. The van der Waals surface area contributed by atoms with Crippen molar-refractivity contribution in [2.45, 2.75) is 57.1 Å². The van der Waals surface area contributed by atoms with E-state index in [0.717, 1.165) is 79.8 Å². The van der Waals surface area contributed by atoms with E-state index >= 15 is 4.39 Å². The number of hydrogen-bond donors (Lipinski definition) is 0. The van der Waals surface area contributed by atoms with E-state index in [2.05, 4.69) is 43.9 Å². The molecule has 3 aromatic rings. The Balaban J connectivity index is 1.27. The summed E-state index contributed by atoms with van der Waals surface area (Å²) >= 11 is 0. The second kappa shape index (κ2) is 10.2. The maximum Gasteiger partial charge on any atom is 0.320 e. The first-order valence-electron chi connectivity index (χ1n) is 13.2. The predicted octanol–water partition coefficient (Wildman–Crippen LogP) is 3.62. The zero-order chi connectivity index (χ0) is 25.5. The molecule has 6 rings (SSSR count). The zero-order valence-electron chi connectivity index (χ0n) is 21.8. The molecule has 5 heterocycles. The quantitative estimate of drug-likeness (QED) is 0.498. The van der Waals surface area contributed by atoms with Crippen LogP contribution in [0.4, 0.5) is 10.2 Å². The lowest BCUT2D eigenvalue weighted by Crippen LogP contribution is -2.54. The minimum Gasteiger partial charge on any atom is -0.467 e. The third-order valence-corrected chi connectivity index (χ3v) is 7.83. The van der Waals surface area contributed by atoms with E-state index in [0.29, 0.717) is 12.4 Å². The maximum absolute atomic E-state index is 15.1. The van der Waals surface area contributed by atoms with Gasteiger partial charge >= 0.3 is 6.01 Å². The van der Waals surface area contributed by atoms with E-state index in [4.69, 9.17) is 14.2 Å². The number of aromatic nitrogens is 4. The topological polar surface area (TPSA) is 77.8 Å². The first kappa shape index (κ1) is 24.5. The number of fused-ring (bicyclic) bond motifs is 1. The van der Waals surface area contributed by atoms with E-state index in [1.54, 1.807) is 11.8 Å².